The van der Waals surface area contributed by atoms with Gasteiger partial charge in [-0.25, -0.2) is 8.42 Å². The minimum atomic E-state index is -4.31. The Balaban J connectivity index is 1.59. The molecule has 252 valence electrons. The highest BCUT2D eigenvalue weighted by atomic mass is 35.5. The molecule has 4 aromatic rings. The average molecular weight is 748 g/mol. The molecule has 1 N–H and O–H groups in total. The Morgan fingerprint density at radius 2 is 1.42 bits per heavy atom. The summed E-state index contributed by atoms with van der Waals surface area (Å²) in [5.74, 6) is -0.938. The van der Waals surface area contributed by atoms with Crippen molar-refractivity contribution in [2.45, 2.75) is 62.0 Å². The second-order valence-corrected chi connectivity index (χ2v) is 15.3. The van der Waals surface area contributed by atoms with Gasteiger partial charge in [0.1, 0.15) is 12.6 Å². The Kier molecular flexibility index (Phi) is 12.3. The minimum absolute atomic E-state index is 0.0192. The maximum Gasteiger partial charge on any atom is 0.264 e. The van der Waals surface area contributed by atoms with Crippen molar-refractivity contribution < 1.29 is 18.0 Å². The second kappa shape index (κ2) is 16.4. The molecule has 0 bridgehead atoms. The van der Waals surface area contributed by atoms with Crippen LogP contribution in [-0.2, 0) is 32.6 Å². The number of hydrogen-bond acceptors (Lipinski definition) is 4. The van der Waals surface area contributed by atoms with E-state index in [9.17, 15) is 18.0 Å². The number of hydrogen-bond donors (Lipinski definition) is 1. The normalized spacial score (nSPS) is 14.2. The summed E-state index contributed by atoms with van der Waals surface area (Å²) in [6.07, 6.45) is 5.02. The van der Waals surface area contributed by atoms with E-state index in [0.29, 0.717) is 15.6 Å². The van der Waals surface area contributed by atoms with Crippen LogP contribution >= 0.6 is 46.4 Å². The van der Waals surface area contributed by atoms with Crippen molar-refractivity contribution in [3.63, 3.8) is 0 Å². The van der Waals surface area contributed by atoms with Gasteiger partial charge in [0, 0.05) is 24.0 Å². The number of nitrogens with one attached hydrogen (secondary N) is 1. The van der Waals surface area contributed by atoms with Gasteiger partial charge >= 0.3 is 0 Å². The second-order valence-electron chi connectivity index (χ2n) is 11.7. The molecular formula is C36H35Cl4N3O4S. The van der Waals surface area contributed by atoms with Gasteiger partial charge in [-0.3, -0.25) is 13.9 Å². The van der Waals surface area contributed by atoms with Crippen molar-refractivity contribution in [3.8, 4) is 0 Å². The van der Waals surface area contributed by atoms with Gasteiger partial charge in [-0.05, 0) is 66.4 Å². The third-order valence-electron chi connectivity index (χ3n) is 8.35. The van der Waals surface area contributed by atoms with Gasteiger partial charge in [0.2, 0.25) is 11.8 Å². The van der Waals surface area contributed by atoms with E-state index in [1.54, 1.807) is 36.4 Å². The Hall–Kier alpha value is -3.27. The number of nitrogens with zero attached hydrogens (tertiary/aromatic N) is 2. The summed E-state index contributed by atoms with van der Waals surface area (Å²) in [6, 6.07) is 25.5. The summed E-state index contributed by atoms with van der Waals surface area (Å²) in [4.78, 5) is 30.3. The summed E-state index contributed by atoms with van der Waals surface area (Å²) >= 11 is 25.3. The summed E-state index contributed by atoms with van der Waals surface area (Å²) in [6.45, 7) is -0.694. The predicted molar refractivity (Wildman–Crippen MR) is 193 cm³/mol. The van der Waals surface area contributed by atoms with Gasteiger partial charge in [-0.15, -0.1) is 0 Å². The highest BCUT2D eigenvalue weighted by Gasteiger charge is 2.36. The van der Waals surface area contributed by atoms with Crippen LogP contribution in [0.3, 0.4) is 0 Å². The largest absolute Gasteiger partial charge is 0.352 e. The maximum absolute atomic E-state index is 14.7. The van der Waals surface area contributed by atoms with E-state index in [1.165, 1.54) is 35.2 Å². The smallest absolute Gasteiger partial charge is 0.264 e. The molecule has 0 heterocycles. The van der Waals surface area contributed by atoms with E-state index in [0.717, 1.165) is 42.0 Å². The molecule has 12 heteroatoms. The van der Waals surface area contributed by atoms with E-state index >= 15 is 0 Å². The molecule has 7 nitrogen and oxygen atoms in total. The van der Waals surface area contributed by atoms with Crippen molar-refractivity contribution in [2.75, 3.05) is 10.8 Å². The van der Waals surface area contributed by atoms with E-state index < -0.39 is 28.5 Å². The topological polar surface area (TPSA) is 86.8 Å². The molecule has 0 saturated heterocycles. The Morgan fingerprint density at radius 1 is 0.750 bits per heavy atom. The standard InChI is InChI=1S/C36H35Cl4N3O4S/c37-27-17-19-33(32(40)22-27)43(48(46,47)29-14-8-3-9-15-29)24-35(44)42(23-26-16-18-30(38)31(39)20-26)34(21-25-10-4-1-5-11-25)36(45)41-28-12-6-2-7-13-28/h1,3-5,8-11,14-20,22,28,34H,2,6-7,12-13,21,23-24H2,(H,41,45). The molecule has 2 amide bonds. The van der Waals surface area contributed by atoms with E-state index in [4.69, 9.17) is 46.4 Å². The zero-order valence-corrected chi connectivity index (χ0v) is 29.8. The van der Waals surface area contributed by atoms with Crippen LogP contribution < -0.4 is 9.62 Å². The van der Waals surface area contributed by atoms with Crippen LogP contribution in [0.2, 0.25) is 20.1 Å². The number of rotatable bonds is 12. The van der Waals surface area contributed by atoms with Crippen molar-refractivity contribution in [1.82, 2.24) is 10.2 Å². The summed E-state index contributed by atoms with van der Waals surface area (Å²) in [5.41, 5.74) is 1.52. The van der Waals surface area contributed by atoms with Gasteiger partial charge in [0.05, 0.1) is 25.7 Å². The fourth-order valence-corrected chi connectivity index (χ4v) is 8.18. The number of halogens is 4. The quantitative estimate of drug-likeness (QED) is 0.157. The zero-order valence-electron chi connectivity index (χ0n) is 26.0. The van der Waals surface area contributed by atoms with Gasteiger partial charge in [0.25, 0.3) is 10.0 Å². The lowest BCUT2D eigenvalue weighted by Gasteiger charge is -2.35. The first kappa shape index (κ1) is 36.0. The highest BCUT2D eigenvalue weighted by Crippen LogP contribution is 2.33. The van der Waals surface area contributed by atoms with Crippen LogP contribution in [0.25, 0.3) is 0 Å². The predicted octanol–water partition coefficient (Wildman–Crippen LogP) is 8.58. The van der Waals surface area contributed by atoms with Crippen molar-refractivity contribution in [1.29, 1.82) is 0 Å². The van der Waals surface area contributed by atoms with Crippen LogP contribution in [0.5, 0.6) is 0 Å². The van der Waals surface area contributed by atoms with Crippen molar-refractivity contribution >= 4 is 73.9 Å². The van der Waals surface area contributed by atoms with E-state index in [2.05, 4.69) is 5.32 Å². The molecule has 1 atom stereocenters. The first-order valence-corrected chi connectivity index (χ1v) is 18.6. The van der Waals surface area contributed by atoms with Crippen LogP contribution in [0.4, 0.5) is 5.69 Å². The molecule has 0 aromatic heterocycles. The average Bonchev–Trinajstić information content (AvgIpc) is 3.08. The van der Waals surface area contributed by atoms with Crippen LogP contribution in [0.1, 0.15) is 43.2 Å². The van der Waals surface area contributed by atoms with Gasteiger partial charge in [-0.2, -0.15) is 0 Å². The summed E-state index contributed by atoms with van der Waals surface area (Å²) < 4.78 is 29.3. The third kappa shape index (κ3) is 9.04. The lowest BCUT2D eigenvalue weighted by molar-refractivity contribution is -0.140. The number of benzene rings is 4. The lowest BCUT2D eigenvalue weighted by atomic mass is 9.94. The number of anilines is 1. The molecule has 4 aromatic carbocycles. The Bertz CT molecular complexity index is 1840. The SMILES string of the molecule is O=C(NC1CCCCC1)C(Cc1ccccc1)N(Cc1ccc(Cl)c(Cl)c1)C(=O)CN(c1ccc(Cl)cc1Cl)S(=O)(=O)c1ccccc1. The van der Waals surface area contributed by atoms with Crippen LogP contribution in [-0.4, -0.2) is 43.8 Å². The molecule has 1 aliphatic rings. The molecule has 0 aliphatic heterocycles. The fraction of sp³-hybridized carbons (Fsp3) is 0.278. The van der Waals surface area contributed by atoms with Crippen LogP contribution in [0.15, 0.2) is 102 Å². The van der Waals surface area contributed by atoms with Gasteiger partial charge in [0.15, 0.2) is 0 Å². The van der Waals surface area contributed by atoms with Gasteiger partial charge in [-0.1, -0.05) is 120 Å². The third-order valence-corrected chi connectivity index (χ3v) is 11.4. The fourth-order valence-electron chi connectivity index (χ4n) is 5.85. The lowest BCUT2D eigenvalue weighted by Crippen LogP contribution is -2.55. The van der Waals surface area contributed by atoms with Crippen LogP contribution in [0, 0.1) is 0 Å². The van der Waals surface area contributed by atoms with E-state index in [-0.39, 0.29) is 45.5 Å². The molecular weight excluding hydrogens is 712 g/mol. The molecule has 0 spiro atoms. The van der Waals surface area contributed by atoms with Crippen molar-refractivity contribution in [2.24, 2.45) is 0 Å². The van der Waals surface area contributed by atoms with Gasteiger partial charge < -0.3 is 10.2 Å². The minimum Gasteiger partial charge on any atom is -0.352 e. The molecule has 0 radical (unpaired) electrons. The number of carbonyl (C=O) groups is 2. The highest BCUT2D eigenvalue weighted by molar-refractivity contribution is 7.92. The molecule has 5 rings (SSSR count). The maximum atomic E-state index is 14.7. The molecule has 1 saturated carbocycles. The summed E-state index contributed by atoms with van der Waals surface area (Å²) in [5, 5.41) is 4.16. The molecule has 1 fully saturated rings. The van der Waals surface area contributed by atoms with Crippen molar-refractivity contribution in [3.05, 3.63) is 128 Å². The van der Waals surface area contributed by atoms with E-state index in [1.807, 2.05) is 30.3 Å². The monoisotopic (exact) mass is 745 g/mol. The molecule has 48 heavy (non-hydrogen) atoms. The Labute approximate surface area is 301 Å². The molecule has 1 aliphatic carbocycles. The first-order valence-electron chi connectivity index (χ1n) is 15.6. The Morgan fingerprint density at radius 3 is 2.06 bits per heavy atom. The number of carbonyl (C=O) groups excluding carboxylic acids is 2. The zero-order chi connectivity index (χ0) is 34.3. The summed E-state index contributed by atoms with van der Waals surface area (Å²) in [7, 11) is -4.31. The molecule has 1 unspecified atom stereocenters. The number of sulfonamides is 1. The number of amides is 2. The first-order chi connectivity index (χ1) is 23.0.